The van der Waals surface area contributed by atoms with Gasteiger partial charge in [-0.3, -0.25) is 0 Å². The number of rotatable bonds is 4. The molecule has 3 heterocycles. The predicted octanol–water partition coefficient (Wildman–Crippen LogP) is 11.5. The first-order valence-corrected chi connectivity index (χ1v) is 15.7. The van der Waals surface area contributed by atoms with Crippen molar-refractivity contribution in [2.45, 2.75) is 5.41 Å². The Balaban J connectivity index is 1.22. The summed E-state index contributed by atoms with van der Waals surface area (Å²) in [5.74, 6) is 1.77. The maximum Gasteiger partial charge on any atom is 0.136 e. The Kier molecular flexibility index (Phi) is 5.62. The van der Waals surface area contributed by atoms with Gasteiger partial charge in [0, 0.05) is 37.2 Å². The van der Waals surface area contributed by atoms with Crippen LogP contribution >= 0.6 is 11.3 Å². The lowest BCUT2D eigenvalue weighted by atomic mass is 9.63. The molecule has 0 atom stereocenters. The molecule has 0 N–H and O–H groups in total. The van der Waals surface area contributed by atoms with Crippen LogP contribution in [0, 0.1) is 0 Å². The normalized spacial score (nSPS) is 13.4. The van der Waals surface area contributed by atoms with Crippen LogP contribution in [0.1, 0.15) is 22.3 Å². The van der Waals surface area contributed by atoms with Crippen LogP contribution in [0.3, 0.4) is 0 Å². The summed E-state index contributed by atoms with van der Waals surface area (Å²) in [6, 6.07) is 55.9. The summed E-state index contributed by atoms with van der Waals surface area (Å²) in [5, 5.41) is 2.31. The molecule has 0 bridgehead atoms. The van der Waals surface area contributed by atoms with Crippen LogP contribution in [-0.2, 0) is 5.41 Å². The fourth-order valence-corrected chi connectivity index (χ4v) is 8.02. The van der Waals surface area contributed by atoms with Crippen molar-refractivity contribution in [1.82, 2.24) is 0 Å². The third kappa shape index (κ3) is 3.66. The number of fused-ring (bicyclic) bond motifs is 5. The van der Waals surface area contributed by atoms with Crippen LogP contribution in [0.25, 0.3) is 42.8 Å². The van der Waals surface area contributed by atoms with E-state index in [1.807, 2.05) is 12.1 Å². The molecule has 2 nitrogen and oxygen atoms in total. The van der Waals surface area contributed by atoms with Gasteiger partial charge in [-0.05, 0) is 53.1 Å². The van der Waals surface area contributed by atoms with E-state index in [0.717, 1.165) is 50.1 Å². The molecular formula is C41H26O2S. The average molecular weight is 583 g/mol. The van der Waals surface area contributed by atoms with Gasteiger partial charge in [0.1, 0.15) is 22.7 Å². The Hall–Kier alpha value is -5.38. The SMILES string of the molecule is c1ccc(C2(c3ccccc3)c3ccccc3Oc3cc(-c4ccc(-c5cccc6oc7ccccc7c56)s4)ccc32)cc1. The van der Waals surface area contributed by atoms with Crippen molar-refractivity contribution < 1.29 is 9.15 Å². The highest BCUT2D eigenvalue weighted by atomic mass is 32.1. The minimum atomic E-state index is -0.510. The fraction of sp³-hybridized carbons (Fsp3) is 0.0244. The first-order chi connectivity index (χ1) is 21.8. The van der Waals surface area contributed by atoms with Crippen molar-refractivity contribution in [2.24, 2.45) is 0 Å². The molecule has 6 aromatic carbocycles. The van der Waals surface area contributed by atoms with Crippen LogP contribution in [-0.4, -0.2) is 0 Å². The van der Waals surface area contributed by atoms with Crippen LogP contribution in [0.5, 0.6) is 11.5 Å². The van der Waals surface area contributed by atoms with E-state index >= 15 is 0 Å². The minimum Gasteiger partial charge on any atom is -0.457 e. The topological polar surface area (TPSA) is 22.4 Å². The van der Waals surface area contributed by atoms with E-state index in [9.17, 15) is 0 Å². The summed E-state index contributed by atoms with van der Waals surface area (Å²) in [6.45, 7) is 0. The second-order valence-electron chi connectivity index (χ2n) is 11.2. The molecule has 2 aromatic heterocycles. The molecule has 0 spiro atoms. The van der Waals surface area contributed by atoms with E-state index in [2.05, 4.69) is 146 Å². The van der Waals surface area contributed by atoms with E-state index in [1.54, 1.807) is 11.3 Å². The Labute approximate surface area is 259 Å². The Morgan fingerprint density at radius 2 is 1.14 bits per heavy atom. The van der Waals surface area contributed by atoms with Crippen molar-refractivity contribution in [3.63, 3.8) is 0 Å². The highest BCUT2D eigenvalue weighted by Crippen LogP contribution is 2.56. The number of hydrogen-bond acceptors (Lipinski definition) is 3. The van der Waals surface area contributed by atoms with E-state index in [1.165, 1.54) is 26.4 Å². The van der Waals surface area contributed by atoms with Crippen LogP contribution in [0.4, 0.5) is 0 Å². The lowest BCUT2D eigenvalue weighted by molar-refractivity contribution is 0.435. The average Bonchev–Trinajstić information content (AvgIpc) is 3.73. The highest BCUT2D eigenvalue weighted by molar-refractivity contribution is 7.19. The predicted molar refractivity (Wildman–Crippen MR) is 181 cm³/mol. The lowest BCUT2D eigenvalue weighted by Crippen LogP contribution is -2.34. The summed E-state index contributed by atoms with van der Waals surface area (Å²) < 4.78 is 12.9. The summed E-state index contributed by atoms with van der Waals surface area (Å²) in [6.07, 6.45) is 0. The summed E-state index contributed by atoms with van der Waals surface area (Å²) >= 11 is 1.80. The van der Waals surface area contributed by atoms with E-state index < -0.39 is 5.41 Å². The molecule has 0 amide bonds. The lowest BCUT2D eigenvalue weighted by Gasteiger charge is -2.41. The first-order valence-electron chi connectivity index (χ1n) is 14.8. The third-order valence-corrected chi connectivity index (χ3v) is 10.0. The largest absolute Gasteiger partial charge is 0.457 e. The molecule has 44 heavy (non-hydrogen) atoms. The van der Waals surface area contributed by atoms with Gasteiger partial charge < -0.3 is 9.15 Å². The minimum absolute atomic E-state index is 0.510. The molecule has 0 unspecified atom stereocenters. The number of para-hydroxylation sites is 2. The van der Waals surface area contributed by atoms with Gasteiger partial charge in [-0.1, -0.05) is 121 Å². The molecular weight excluding hydrogens is 557 g/mol. The second-order valence-corrected chi connectivity index (χ2v) is 12.3. The smallest absolute Gasteiger partial charge is 0.136 e. The van der Waals surface area contributed by atoms with Gasteiger partial charge in [-0.25, -0.2) is 0 Å². The van der Waals surface area contributed by atoms with Gasteiger partial charge in [0.25, 0.3) is 0 Å². The number of ether oxygens (including phenoxy) is 1. The standard InChI is InChI=1S/C41H26O2S/c1-3-12-28(13-4-1)41(29-14-5-2-6-15-29)32-18-8-10-20-35(32)43-37-26-27(22-23-33(37)41)38-24-25-39(44-38)31-17-11-21-36-40(31)30-16-7-9-19-34(30)42-36/h1-26H. The molecule has 1 aliphatic rings. The van der Waals surface area contributed by atoms with Crippen LogP contribution in [0.15, 0.2) is 162 Å². The summed E-state index contributed by atoms with van der Waals surface area (Å²) in [7, 11) is 0. The summed E-state index contributed by atoms with van der Waals surface area (Å²) in [5.41, 5.74) is 8.38. The van der Waals surface area contributed by atoms with Crippen molar-refractivity contribution in [1.29, 1.82) is 0 Å². The number of benzene rings is 6. The molecule has 0 saturated heterocycles. The second kappa shape index (κ2) is 9.84. The third-order valence-electron chi connectivity index (χ3n) is 8.87. The Bertz CT molecular complexity index is 2270. The van der Waals surface area contributed by atoms with Gasteiger partial charge in [0.05, 0.1) is 5.41 Å². The van der Waals surface area contributed by atoms with Crippen molar-refractivity contribution in [2.75, 3.05) is 0 Å². The molecule has 0 saturated carbocycles. The van der Waals surface area contributed by atoms with Crippen molar-refractivity contribution in [3.8, 4) is 32.4 Å². The molecule has 208 valence electrons. The van der Waals surface area contributed by atoms with Crippen molar-refractivity contribution in [3.05, 3.63) is 180 Å². The zero-order valence-corrected chi connectivity index (χ0v) is 24.6. The highest BCUT2D eigenvalue weighted by Gasteiger charge is 2.45. The monoisotopic (exact) mass is 582 g/mol. The molecule has 0 fully saturated rings. The van der Waals surface area contributed by atoms with Crippen LogP contribution < -0.4 is 4.74 Å². The molecule has 3 heteroatoms. The fourth-order valence-electron chi connectivity index (χ4n) is 6.98. The maximum atomic E-state index is 6.72. The van der Waals surface area contributed by atoms with E-state index in [-0.39, 0.29) is 0 Å². The summed E-state index contributed by atoms with van der Waals surface area (Å²) in [4.78, 5) is 2.41. The molecule has 1 aliphatic heterocycles. The van der Waals surface area contributed by atoms with E-state index in [4.69, 9.17) is 9.15 Å². The first kappa shape index (κ1) is 25.1. The molecule has 0 radical (unpaired) electrons. The van der Waals surface area contributed by atoms with Gasteiger partial charge in [-0.2, -0.15) is 0 Å². The Morgan fingerprint density at radius 1 is 0.477 bits per heavy atom. The van der Waals surface area contributed by atoms with Gasteiger partial charge in [-0.15, -0.1) is 11.3 Å². The van der Waals surface area contributed by atoms with E-state index in [0.29, 0.717) is 0 Å². The van der Waals surface area contributed by atoms with Crippen LogP contribution in [0.2, 0.25) is 0 Å². The molecule has 0 aliphatic carbocycles. The number of hydrogen-bond donors (Lipinski definition) is 0. The molecule has 8 aromatic rings. The molecule has 9 rings (SSSR count). The Morgan fingerprint density at radius 3 is 1.95 bits per heavy atom. The van der Waals surface area contributed by atoms with Crippen molar-refractivity contribution >= 4 is 33.3 Å². The zero-order valence-electron chi connectivity index (χ0n) is 23.7. The van der Waals surface area contributed by atoms with Gasteiger partial charge >= 0.3 is 0 Å². The maximum absolute atomic E-state index is 6.72. The zero-order chi connectivity index (χ0) is 29.1. The quantitative estimate of drug-likeness (QED) is 0.206. The number of furan rings is 1. The van der Waals surface area contributed by atoms with Gasteiger partial charge in [0.2, 0.25) is 0 Å². The number of thiophene rings is 1. The van der Waals surface area contributed by atoms with Gasteiger partial charge in [0.15, 0.2) is 0 Å².